The zero-order chi connectivity index (χ0) is 22.6. The van der Waals surface area contributed by atoms with Crippen molar-refractivity contribution in [1.29, 1.82) is 0 Å². The summed E-state index contributed by atoms with van der Waals surface area (Å²) in [7, 11) is 0. The lowest BCUT2D eigenvalue weighted by Gasteiger charge is -2.05. The molecule has 0 saturated heterocycles. The standard InChI is InChI=1S/C25H18ClN5O2/c26-20-5-4-8-23(13-20)31-15-21(27-29-31)17-33-24-11-9-18(10-12-24)25-19(16-32)14-30(28-25)22-6-2-1-3-7-22/h1-16H,17H2. The van der Waals surface area contributed by atoms with Gasteiger partial charge in [-0.2, -0.15) is 5.10 Å². The van der Waals surface area contributed by atoms with Crippen LogP contribution in [-0.4, -0.2) is 31.1 Å². The zero-order valence-electron chi connectivity index (χ0n) is 17.4. The van der Waals surface area contributed by atoms with Crippen LogP contribution < -0.4 is 4.74 Å². The predicted molar refractivity (Wildman–Crippen MR) is 125 cm³/mol. The van der Waals surface area contributed by atoms with E-state index in [9.17, 15) is 4.79 Å². The van der Waals surface area contributed by atoms with E-state index in [0.29, 0.717) is 27.7 Å². The average Bonchev–Trinajstić information content (AvgIpc) is 3.51. The van der Waals surface area contributed by atoms with Gasteiger partial charge in [0.05, 0.1) is 23.1 Å². The molecule has 0 unspecified atom stereocenters. The molecule has 0 atom stereocenters. The van der Waals surface area contributed by atoms with E-state index in [2.05, 4.69) is 15.4 Å². The Morgan fingerprint density at radius 1 is 0.879 bits per heavy atom. The van der Waals surface area contributed by atoms with E-state index in [0.717, 1.165) is 23.2 Å². The van der Waals surface area contributed by atoms with Crippen LogP contribution in [0.25, 0.3) is 22.6 Å². The van der Waals surface area contributed by atoms with Crippen LogP contribution in [0.15, 0.2) is 91.3 Å². The maximum Gasteiger partial charge on any atom is 0.153 e. The Labute approximate surface area is 194 Å². The van der Waals surface area contributed by atoms with E-state index in [-0.39, 0.29) is 6.61 Å². The van der Waals surface area contributed by atoms with Crippen molar-refractivity contribution < 1.29 is 9.53 Å². The minimum atomic E-state index is 0.266. The Balaban J connectivity index is 1.29. The first-order chi connectivity index (χ1) is 16.2. The van der Waals surface area contributed by atoms with Gasteiger partial charge in [-0.15, -0.1) is 5.10 Å². The van der Waals surface area contributed by atoms with Crippen LogP contribution in [0.5, 0.6) is 5.75 Å². The first-order valence-corrected chi connectivity index (χ1v) is 10.6. The second-order valence-corrected chi connectivity index (χ2v) is 7.71. The van der Waals surface area contributed by atoms with Crippen molar-refractivity contribution in [2.75, 3.05) is 0 Å². The number of ether oxygens (including phenoxy) is 1. The number of aromatic nitrogens is 5. The van der Waals surface area contributed by atoms with Crippen molar-refractivity contribution in [2.24, 2.45) is 0 Å². The van der Waals surface area contributed by atoms with Gasteiger partial charge in [0.25, 0.3) is 0 Å². The molecule has 0 amide bonds. The van der Waals surface area contributed by atoms with Crippen LogP contribution in [0, 0.1) is 0 Å². The lowest BCUT2D eigenvalue weighted by Crippen LogP contribution is -1.96. The number of aldehydes is 1. The summed E-state index contributed by atoms with van der Waals surface area (Å²) in [5.41, 5.74) is 4.36. The zero-order valence-corrected chi connectivity index (χ0v) is 18.1. The molecule has 0 aliphatic heterocycles. The van der Waals surface area contributed by atoms with Gasteiger partial charge in [0.1, 0.15) is 23.7 Å². The summed E-state index contributed by atoms with van der Waals surface area (Å²) in [6, 6.07) is 24.5. The molecule has 5 rings (SSSR count). The fourth-order valence-electron chi connectivity index (χ4n) is 3.39. The molecule has 0 fully saturated rings. The molecule has 0 aliphatic rings. The second-order valence-electron chi connectivity index (χ2n) is 7.28. The summed E-state index contributed by atoms with van der Waals surface area (Å²) in [5, 5.41) is 13.5. The molecule has 8 heteroatoms. The molecule has 2 heterocycles. The Morgan fingerprint density at radius 3 is 2.42 bits per heavy atom. The first kappa shape index (κ1) is 20.7. The lowest BCUT2D eigenvalue weighted by atomic mass is 10.1. The Bertz CT molecular complexity index is 1390. The molecule has 2 aromatic heterocycles. The van der Waals surface area contributed by atoms with Gasteiger partial charge in [0.15, 0.2) is 6.29 Å². The molecular formula is C25H18ClN5O2. The van der Waals surface area contributed by atoms with Gasteiger partial charge in [0, 0.05) is 16.8 Å². The second kappa shape index (κ2) is 9.10. The van der Waals surface area contributed by atoms with E-state index in [1.807, 2.05) is 72.8 Å². The van der Waals surface area contributed by atoms with Crippen LogP contribution in [0.4, 0.5) is 0 Å². The fraction of sp³-hybridized carbons (Fsp3) is 0.0400. The quantitative estimate of drug-likeness (QED) is 0.317. The highest BCUT2D eigenvalue weighted by Crippen LogP contribution is 2.25. The molecule has 5 aromatic rings. The fourth-order valence-corrected chi connectivity index (χ4v) is 3.57. The van der Waals surface area contributed by atoms with Crippen molar-refractivity contribution in [3.8, 4) is 28.4 Å². The maximum absolute atomic E-state index is 11.6. The molecule has 162 valence electrons. The third-order valence-electron chi connectivity index (χ3n) is 5.02. The number of rotatable bonds is 7. The predicted octanol–water partition coefficient (Wildman–Crippen LogP) is 5.16. The number of halogens is 1. The topological polar surface area (TPSA) is 74.8 Å². The van der Waals surface area contributed by atoms with Crippen molar-refractivity contribution in [2.45, 2.75) is 6.61 Å². The number of para-hydroxylation sites is 1. The van der Waals surface area contributed by atoms with Crippen LogP contribution in [0.2, 0.25) is 5.02 Å². The minimum Gasteiger partial charge on any atom is -0.487 e. The maximum atomic E-state index is 11.6. The molecule has 0 N–H and O–H groups in total. The van der Waals surface area contributed by atoms with Gasteiger partial charge in [-0.05, 0) is 54.6 Å². The highest BCUT2D eigenvalue weighted by atomic mass is 35.5. The Kier molecular flexibility index (Phi) is 5.70. The van der Waals surface area contributed by atoms with Crippen LogP contribution in [-0.2, 0) is 6.61 Å². The van der Waals surface area contributed by atoms with Gasteiger partial charge in [-0.25, -0.2) is 9.36 Å². The van der Waals surface area contributed by atoms with Gasteiger partial charge in [-0.3, -0.25) is 4.79 Å². The van der Waals surface area contributed by atoms with Crippen LogP contribution in [0.3, 0.4) is 0 Å². The van der Waals surface area contributed by atoms with Crippen molar-refractivity contribution in [3.63, 3.8) is 0 Å². The molecule has 7 nitrogen and oxygen atoms in total. The number of carbonyl (C=O) groups excluding carboxylic acids is 1. The first-order valence-electron chi connectivity index (χ1n) is 10.2. The number of nitrogens with zero attached hydrogens (tertiary/aromatic N) is 5. The summed E-state index contributed by atoms with van der Waals surface area (Å²) < 4.78 is 9.20. The van der Waals surface area contributed by atoms with Crippen molar-refractivity contribution in [1.82, 2.24) is 24.8 Å². The number of carbonyl (C=O) groups is 1. The Morgan fingerprint density at radius 2 is 1.67 bits per heavy atom. The SMILES string of the molecule is O=Cc1cn(-c2ccccc2)nc1-c1ccc(OCc2cn(-c3cccc(Cl)c3)nn2)cc1. The molecule has 0 aliphatic carbocycles. The van der Waals surface area contributed by atoms with Crippen LogP contribution in [0.1, 0.15) is 16.1 Å². The van der Waals surface area contributed by atoms with E-state index >= 15 is 0 Å². The molecular weight excluding hydrogens is 438 g/mol. The van der Waals surface area contributed by atoms with Gasteiger partial charge < -0.3 is 4.74 Å². The average molecular weight is 456 g/mol. The summed E-state index contributed by atoms with van der Waals surface area (Å²) in [5.74, 6) is 0.672. The molecule has 33 heavy (non-hydrogen) atoms. The highest BCUT2D eigenvalue weighted by molar-refractivity contribution is 6.30. The molecule has 0 bridgehead atoms. The lowest BCUT2D eigenvalue weighted by molar-refractivity contribution is 0.112. The summed E-state index contributed by atoms with van der Waals surface area (Å²) in [6.45, 7) is 0.266. The van der Waals surface area contributed by atoms with E-state index in [1.54, 1.807) is 27.8 Å². The summed E-state index contributed by atoms with van der Waals surface area (Å²) in [4.78, 5) is 11.6. The highest BCUT2D eigenvalue weighted by Gasteiger charge is 2.12. The smallest absolute Gasteiger partial charge is 0.153 e. The molecule has 0 saturated carbocycles. The van der Waals surface area contributed by atoms with Crippen molar-refractivity contribution >= 4 is 17.9 Å². The van der Waals surface area contributed by atoms with Gasteiger partial charge in [-0.1, -0.05) is 41.1 Å². The van der Waals surface area contributed by atoms with E-state index in [4.69, 9.17) is 16.3 Å². The molecule has 3 aromatic carbocycles. The van der Waals surface area contributed by atoms with Crippen molar-refractivity contribution in [3.05, 3.63) is 108 Å². The number of hydrogen-bond acceptors (Lipinski definition) is 5. The number of hydrogen-bond donors (Lipinski definition) is 0. The van der Waals surface area contributed by atoms with E-state index < -0.39 is 0 Å². The largest absolute Gasteiger partial charge is 0.487 e. The number of benzene rings is 3. The normalized spacial score (nSPS) is 10.8. The Hall–Kier alpha value is -4.23. The monoisotopic (exact) mass is 455 g/mol. The molecule has 0 spiro atoms. The van der Waals surface area contributed by atoms with E-state index in [1.165, 1.54) is 0 Å². The third-order valence-corrected chi connectivity index (χ3v) is 5.25. The van der Waals surface area contributed by atoms with Gasteiger partial charge >= 0.3 is 0 Å². The van der Waals surface area contributed by atoms with Gasteiger partial charge in [0.2, 0.25) is 0 Å². The molecule has 0 radical (unpaired) electrons. The third kappa shape index (κ3) is 4.53. The minimum absolute atomic E-state index is 0.266. The van der Waals surface area contributed by atoms with Crippen LogP contribution >= 0.6 is 11.6 Å². The summed E-state index contributed by atoms with van der Waals surface area (Å²) >= 11 is 6.04. The summed E-state index contributed by atoms with van der Waals surface area (Å²) in [6.07, 6.45) is 4.34.